The summed E-state index contributed by atoms with van der Waals surface area (Å²) in [6, 6.07) is 11.8. The molecule has 0 heterocycles. The number of rotatable bonds is 10. The molecule has 0 aliphatic heterocycles. The molecule has 0 atom stereocenters. The summed E-state index contributed by atoms with van der Waals surface area (Å²) in [5.74, 6) is 0.242. The quantitative estimate of drug-likeness (QED) is 0.433. The molecule has 2 aromatic rings. The van der Waals surface area contributed by atoms with Crippen LogP contribution >= 0.6 is 0 Å². The van der Waals surface area contributed by atoms with Gasteiger partial charge in [-0.15, -0.1) is 0 Å². The van der Waals surface area contributed by atoms with Crippen molar-refractivity contribution in [2.45, 2.75) is 25.7 Å². The summed E-state index contributed by atoms with van der Waals surface area (Å²) >= 11 is 0. The normalized spacial score (nSPS) is 11.3. The minimum absolute atomic E-state index is 0.0386. The van der Waals surface area contributed by atoms with Crippen LogP contribution in [0.25, 0.3) is 0 Å². The van der Waals surface area contributed by atoms with E-state index in [0.29, 0.717) is 18.8 Å². The summed E-state index contributed by atoms with van der Waals surface area (Å²) in [5.41, 5.74) is 1.20. The number of nitrogens with zero attached hydrogens (tertiary/aromatic N) is 1. The molecule has 0 bridgehead atoms. The van der Waals surface area contributed by atoms with Crippen LogP contribution in [0.1, 0.15) is 29.8 Å². The zero-order valence-corrected chi connectivity index (χ0v) is 18.0. The molecule has 0 radical (unpaired) electrons. The van der Waals surface area contributed by atoms with Crippen LogP contribution in [0.15, 0.2) is 47.4 Å². The minimum Gasteiger partial charge on any atom is -0.495 e. The number of methoxy groups -OCH3 is 1. The Labute approximate surface area is 172 Å². The lowest BCUT2D eigenvalue weighted by atomic mass is 10.2. The summed E-state index contributed by atoms with van der Waals surface area (Å²) in [6.07, 6.45) is 0. The van der Waals surface area contributed by atoms with E-state index in [0.717, 1.165) is 5.56 Å². The molecule has 0 saturated heterocycles. The summed E-state index contributed by atoms with van der Waals surface area (Å²) in [7, 11) is -2.40. The zero-order valence-electron chi connectivity index (χ0n) is 17.2. The average molecular weight is 422 g/mol. The Morgan fingerprint density at radius 2 is 1.76 bits per heavy atom. The highest BCUT2D eigenvalue weighted by molar-refractivity contribution is 7.89. The van der Waals surface area contributed by atoms with Crippen LogP contribution in [0.5, 0.6) is 11.5 Å². The first-order valence-electron chi connectivity index (χ1n) is 9.38. The van der Waals surface area contributed by atoms with Crippen LogP contribution in [-0.2, 0) is 14.8 Å². The Morgan fingerprint density at radius 1 is 1.03 bits per heavy atom. The standard InChI is InChI=1S/C21H27NO6S/c1-5-22(6-2)29(24,25)20-15-17(10-11-19(20)26-4)21(23)28-13-12-27-18-9-7-8-16(3)14-18/h7-11,14-15H,5-6,12-13H2,1-4H3. The Bertz CT molecular complexity index is 938. The highest BCUT2D eigenvalue weighted by Crippen LogP contribution is 2.28. The molecular formula is C21H27NO6S. The molecule has 0 aliphatic rings. The van der Waals surface area contributed by atoms with Crippen LogP contribution in [0, 0.1) is 6.92 Å². The van der Waals surface area contributed by atoms with Crippen LogP contribution in [0.3, 0.4) is 0 Å². The number of benzene rings is 2. The van der Waals surface area contributed by atoms with Crippen molar-refractivity contribution in [2.24, 2.45) is 0 Å². The molecule has 0 aliphatic carbocycles. The van der Waals surface area contributed by atoms with Gasteiger partial charge in [0.25, 0.3) is 0 Å². The molecule has 158 valence electrons. The topological polar surface area (TPSA) is 82.1 Å². The molecule has 7 nitrogen and oxygen atoms in total. The summed E-state index contributed by atoms with van der Waals surface area (Å²) in [5, 5.41) is 0. The Morgan fingerprint density at radius 3 is 2.38 bits per heavy atom. The Kier molecular flexibility index (Phi) is 8.04. The van der Waals surface area contributed by atoms with Gasteiger partial charge in [0, 0.05) is 13.1 Å². The van der Waals surface area contributed by atoms with Crippen LogP contribution < -0.4 is 9.47 Å². The fourth-order valence-corrected chi connectivity index (χ4v) is 4.43. The minimum atomic E-state index is -3.79. The molecule has 2 rings (SSSR count). The fraction of sp³-hybridized carbons (Fsp3) is 0.381. The van der Waals surface area contributed by atoms with Gasteiger partial charge in [0.1, 0.15) is 29.6 Å². The van der Waals surface area contributed by atoms with Gasteiger partial charge >= 0.3 is 5.97 Å². The lowest BCUT2D eigenvalue weighted by Crippen LogP contribution is -2.31. The van der Waals surface area contributed by atoms with Crippen LogP contribution in [-0.4, -0.2) is 52.1 Å². The van der Waals surface area contributed by atoms with Crippen LogP contribution in [0.4, 0.5) is 0 Å². The number of aryl methyl sites for hydroxylation is 1. The van der Waals surface area contributed by atoms with E-state index in [4.69, 9.17) is 14.2 Å². The van der Waals surface area contributed by atoms with Gasteiger partial charge in [0.05, 0.1) is 12.7 Å². The van der Waals surface area contributed by atoms with Gasteiger partial charge in [-0.25, -0.2) is 13.2 Å². The van der Waals surface area contributed by atoms with Crippen molar-refractivity contribution in [2.75, 3.05) is 33.4 Å². The van der Waals surface area contributed by atoms with E-state index >= 15 is 0 Å². The van der Waals surface area contributed by atoms with Crippen LogP contribution in [0.2, 0.25) is 0 Å². The first-order valence-corrected chi connectivity index (χ1v) is 10.8. The van der Waals surface area contributed by atoms with Gasteiger partial charge < -0.3 is 14.2 Å². The summed E-state index contributed by atoms with van der Waals surface area (Å²) in [6.45, 7) is 6.31. The molecule has 0 unspecified atom stereocenters. The maximum absolute atomic E-state index is 12.9. The third-order valence-electron chi connectivity index (χ3n) is 4.30. The number of carbonyl (C=O) groups excluding carboxylic acids is 1. The maximum Gasteiger partial charge on any atom is 0.338 e. The van der Waals surface area contributed by atoms with E-state index in [2.05, 4.69) is 0 Å². The lowest BCUT2D eigenvalue weighted by Gasteiger charge is -2.20. The SMILES string of the molecule is CCN(CC)S(=O)(=O)c1cc(C(=O)OCCOc2cccc(C)c2)ccc1OC. The van der Waals surface area contributed by atoms with Gasteiger partial charge in [0.15, 0.2) is 0 Å². The smallest absolute Gasteiger partial charge is 0.338 e. The largest absolute Gasteiger partial charge is 0.495 e. The molecule has 0 N–H and O–H groups in total. The van der Waals surface area contributed by atoms with Crippen molar-refractivity contribution in [3.8, 4) is 11.5 Å². The number of hydrogen-bond donors (Lipinski definition) is 0. The number of carbonyl (C=O) groups is 1. The van der Waals surface area contributed by atoms with E-state index in [1.165, 1.54) is 29.6 Å². The van der Waals surface area contributed by atoms with Crippen molar-refractivity contribution in [3.05, 3.63) is 53.6 Å². The monoisotopic (exact) mass is 421 g/mol. The van der Waals surface area contributed by atoms with Crippen molar-refractivity contribution >= 4 is 16.0 Å². The lowest BCUT2D eigenvalue weighted by molar-refractivity contribution is 0.0450. The first-order chi connectivity index (χ1) is 13.8. The van der Waals surface area contributed by atoms with E-state index in [1.807, 2.05) is 31.2 Å². The van der Waals surface area contributed by atoms with E-state index in [1.54, 1.807) is 13.8 Å². The van der Waals surface area contributed by atoms with Gasteiger partial charge in [-0.05, 0) is 42.8 Å². The highest BCUT2D eigenvalue weighted by atomic mass is 32.2. The summed E-state index contributed by atoms with van der Waals surface area (Å²) < 4.78 is 43.0. The number of esters is 1. The van der Waals surface area contributed by atoms with E-state index < -0.39 is 16.0 Å². The molecule has 0 fully saturated rings. The predicted octanol–water partition coefficient (Wildman–Crippen LogP) is 3.27. The van der Waals surface area contributed by atoms with Crippen molar-refractivity contribution < 1.29 is 27.4 Å². The van der Waals surface area contributed by atoms with Crippen molar-refractivity contribution in [1.82, 2.24) is 4.31 Å². The highest BCUT2D eigenvalue weighted by Gasteiger charge is 2.27. The number of ether oxygens (including phenoxy) is 3. The third kappa shape index (κ3) is 5.71. The molecule has 29 heavy (non-hydrogen) atoms. The second kappa shape index (κ2) is 10.3. The second-order valence-corrected chi connectivity index (χ2v) is 8.16. The molecule has 0 spiro atoms. The van der Waals surface area contributed by atoms with Gasteiger partial charge in [-0.3, -0.25) is 0 Å². The van der Waals surface area contributed by atoms with E-state index in [9.17, 15) is 13.2 Å². The first kappa shape index (κ1) is 22.7. The van der Waals surface area contributed by atoms with Crippen molar-refractivity contribution in [1.29, 1.82) is 0 Å². The summed E-state index contributed by atoms with van der Waals surface area (Å²) in [4.78, 5) is 12.3. The molecule has 0 aromatic heterocycles. The van der Waals surface area contributed by atoms with Crippen molar-refractivity contribution in [3.63, 3.8) is 0 Å². The van der Waals surface area contributed by atoms with Gasteiger partial charge in [0.2, 0.25) is 10.0 Å². The second-order valence-electron chi connectivity index (χ2n) is 6.26. The molecule has 0 amide bonds. The Hall–Kier alpha value is -2.58. The third-order valence-corrected chi connectivity index (χ3v) is 6.37. The maximum atomic E-state index is 12.9. The molecule has 0 saturated carbocycles. The molecule has 8 heteroatoms. The molecule has 2 aromatic carbocycles. The average Bonchev–Trinajstić information content (AvgIpc) is 2.71. The van der Waals surface area contributed by atoms with Gasteiger partial charge in [-0.2, -0.15) is 4.31 Å². The number of hydrogen-bond acceptors (Lipinski definition) is 6. The van der Waals surface area contributed by atoms with Gasteiger partial charge in [-0.1, -0.05) is 26.0 Å². The Balaban J connectivity index is 2.09. The molecular weight excluding hydrogens is 394 g/mol. The fourth-order valence-electron chi connectivity index (χ4n) is 2.79. The number of sulfonamides is 1. The zero-order chi connectivity index (χ0) is 21.4. The van der Waals surface area contributed by atoms with E-state index in [-0.39, 0.29) is 29.4 Å². The predicted molar refractivity (Wildman–Crippen MR) is 110 cm³/mol.